The summed E-state index contributed by atoms with van der Waals surface area (Å²) in [5, 5.41) is 15.3. The Labute approximate surface area is 232 Å². The highest BCUT2D eigenvalue weighted by molar-refractivity contribution is 5.86. The van der Waals surface area contributed by atoms with Crippen LogP contribution in [0.25, 0.3) is 0 Å². The summed E-state index contributed by atoms with van der Waals surface area (Å²) in [5.74, 6) is -3.26. The summed E-state index contributed by atoms with van der Waals surface area (Å²) in [7, 11) is 0. The molecule has 0 saturated carbocycles. The zero-order chi connectivity index (χ0) is 29.4. The molecule has 3 N–H and O–H groups in total. The number of ether oxygens (including phenoxy) is 2. The number of carbonyl (C=O) groups is 4. The van der Waals surface area contributed by atoms with Crippen molar-refractivity contribution >= 4 is 23.8 Å². The van der Waals surface area contributed by atoms with Gasteiger partial charge in [0.15, 0.2) is 0 Å². The fourth-order valence-electron chi connectivity index (χ4n) is 3.83. The van der Waals surface area contributed by atoms with E-state index in [1.807, 2.05) is 30.3 Å². The van der Waals surface area contributed by atoms with Crippen molar-refractivity contribution in [3.63, 3.8) is 0 Å². The quantitative estimate of drug-likeness (QED) is 0.203. The Kier molecular flexibility index (Phi) is 14.8. The van der Waals surface area contributed by atoms with Crippen LogP contribution in [-0.4, -0.2) is 59.8 Å². The summed E-state index contributed by atoms with van der Waals surface area (Å²) in [4.78, 5) is 50.3. The Balaban J connectivity index is 2.62. The van der Waals surface area contributed by atoms with E-state index >= 15 is 0 Å². The molecule has 0 unspecified atom stereocenters. The summed E-state index contributed by atoms with van der Waals surface area (Å²) >= 11 is 0. The third-order valence-corrected chi connectivity index (χ3v) is 5.65. The lowest BCUT2D eigenvalue weighted by atomic mass is 9.98. The number of esters is 2. The molecule has 0 aliphatic heterocycles. The van der Waals surface area contributed by atoms with Crippen molar-refractivity contribution in [2.24, 2.45) is 11.8 Å². The molecule has 1 rings (SSSR count). The van der Waals surface area contributed by atoms with Crippen LogP contribution in [0.15, 0.2) is 55.6 Å². The van der Waals surface area contributed by atoms with E-state index in [9.17, 15) is 24.3 Å². The lowest BCUT2D eigenvalue weighted by Crippen LogP contribution is -2.44. The van der Waals surface area contributed by atoms with Crippen molar-refractivity contribution in [3.05, 3.63) is 61.2 Å². The standard InChI is InChI=1S/C30H44N2O7/c1-7-12-23(17-26(34)32-25(19-33)16-22-14-10-9-11-15-22)28(36)31-21(3)20-38-29(37)24(13-8-2)18-27(35)39-30(4,5)6/h7-11,14-15,21,23-25,33H,1-2,12-13,16-20H2,3-6H3,(H,31,36)(H,32,34)/t21-,23-,24-,25-/m0/s1. The first-order valence-electron chi connectivity index (χ1n) is 13.2. The summed E-state index contributed by atoms with van der Waals surface area (Å²) in [5.41, 5.74) is 0.306. The monoisotopic (exact) mass is 544 g/mol. The van der Waals surface area contributed by atoms with E-state index in [2.05, 4.69) is 23.8 Å². The third kappa shape index (κ3) is 14.3. The van der Waals surface area contributed by atoms with Crippen LogP contribution in [0.4, 0.5) is 0 Å². The van der Waals surface area contributed by atoms with Gasteiger partial charge >= 0.3 is 11.9 Å². The molecule has 1 aromatic rings. The van der Waals surface area contributed by atoms with Crippen molar-refractivity contribution < 1.29 is 33.8 Å². The van der Waals surface area contributed by atoms with Crippen molar-refractivity contribution in [1.82, 2.24) is 10.6 Å². The summed E-state index contributed by atoms with van der Waals surface area (Å²) < 4.78 is 10.7. The topological polar surface area (TPSA) is 131 Å². The number of rotatable bonds is 17. The second kappa shape index (κ2) is 17.2. The molecule has 0 radical (unpaired) electrons. The highest BCUT2D eigenvalue weighted by atomic mass is 16.6. The third-order valence-electron chi connectivity index (χ3n) is 5.65. The van der Waals surface area contributed by atoms with Gasteiger partial charge in [-0.25, -0.2) is 0 Å². The molecule has 216 valence electrons. The maximum atomic E-state index is 12.9. The highest BCUT2D eigenvalue weighted by Gasteiger charge is 2.27. The molecule has 0 heterocycles. The molecule has 39 heavy (non-hydrogen) atoms. The minimum atomic E-state index is -0.743. The summed E-state index contributed by atoms with van der Waals surface area (Å²) in [6, 6.07) is 8.47. The van der Waals surface area contributed by atoms with Crippen LogP contribution in [0.2, 0.25) is 0 Å². The molecular weight excluding hydrogens is 500 g/mol. The van der Waals surface area contributed by atoms with Gasteiger partial charge in [0.2, 0.25) is 11.8 Å². The molecule has 2 amide bonds. The smallest absolute Gasteiger partial charge is 0.309 e. The fourth-order valence-corrected chi connectivity index (χ4v) is 3.83. The van der Waals surface area contributed by atoms with Crippen molar-refractivity contribution in [2.45, 2.75) is 77.5 Å². The van der Waals surface area contributed by atoms with E-state index < -0.39 is 41.5 Å². The van der Waals surface area contributed by atoms with E-state index in [0.29, 0.717) is 6.42 Å². The maximum absolute atomic E-state index is 12.9. The van der Waals surface area contributed by atoms with Gasteiger partial charge in [-0.05, 0) is 52.5 Å². The summed E-state index contributed by atoms with van der Waals surface area (Å²) in [6.45, 7) is 13.9. The van der Waals surface area contributed by atoms with Gasteiger partial charge < -0.3 is 25.2 Å². The number of aliphatic hydroxyl groups is 1. The predicted octanol–water partition coefficient (Wildman–Crippen LogP) is 3.26. The number of hydrogen-bond donors (Lipinski definition) is 3. The first-order chi connectivity index (χ1) is 18.4. The van der Waals surface area contributed by atoms with Crippen LogP contribution in [0.3, 0.4) is 0 Å². The van der Waals surface area contributed by atoms with Gasteiger partial charge in [0, 0.05) is 6.42 Å². The molecule has 0 fully saturated rings. The number of carbonyl (C=O) groups excluding carboxylic acids is 4. The molecule has 9 heteroatoms. The van der Waals surface area contributed by atoms with Crippen molar-refractivity contribution in [2.75, 3.05) is 13.2 Å². The molecule has 0 spiro atoms. The molecule has 0 aliphatic rings. The first-order valence-corrected chi connectivity index (χ1v) is 13.2. The molecule has 0 aromatic heterocycles. The number of hydrogen-bond acceptors (Lipinski definition) is 7. The van der Waals surface area contributed by atoms with Gasteiger partial charge in [0.1, 0.15) is 12.2 Å². The first kappa shape index (κ1) is 33.6. The minimum absolute atomic E-state index is 0.0903. The van der Waals surface area contributed by atoms with Crippen LogP contribution in [0.5, 0.6) is 0 Å². The number of benzene rings is 1. The van der Waals surface area contributed by atoms with Gasteiger partial charge in [-0.15, -0.1) is 13.2 Å². The number of allylic oxidation sites excluding steroid dienone is 2. The second-order valence-corrected chi connectivity index (χ2v) is 10.6. The van der Waals surface area contributed by atoms with Crippen molar-refractivity contribution in [3.8, 4) is 0 Å². The van der Waals surface area contributed by atoms with Crippen LogP contribution in [0, 0.1) is 11.8 Å². The van der Waals surface area contributed by atoms with Gasteiger partial charge in [-0.2, -0.15) is 0 Å². The molecule has 0 aliphatic carbocycles. The van der Waals surface area contributed by atoms with E-state index in [4.69, 9.17) is 9.47 Å². The van der Waals surface area contributed by atoms with Crippen LogP contribution < -0.4 is 10.6 Å². The number of amides is 2. The Morgan fingerprint density at radius 1 is 0.974 bits per heavy atom. The normalized spacial score (nSPS) is 14.2. The van der Waals surface area contributed by atoms with E-state index in [1.165, 1.54) is 6.08 Å². The largest absolute Gasteiger partial charge is 0.463 e. The molecular formula is C30H44N2O7. The molecule has 9 nitrogen and oxygen atoms in total. The maximum Gasteiger partial charge on any atom is 0.309 e. The fraction of sp³-hybridized carbons (Fsp3) is 0.533. The molecule has 0 saturated heterocycles. The van der Waals surface area contributed by atoms with E-state index in [0.717, 1.165) is 5.56 Å². The molecule has 4 atom stereocenters. The predicted molar refractivity (Wildman–Crippen MR) is 149 cm³/mol. The van der Waals surface area contributed by atoms with Crippen LogP contribution in [-0.2, 0) is 35.1 Å². The summed E-state index contributed by atoms with van der Waals surface area (Å²) in [6.07, 6.45) is 3.84. The van der Waals surface area contributed by atoms with Gasteiger partial charge in [0.25, 0.3) is 0 Å². The number of aliphatic hydroxyl groups excluding tert-OH is 1. The van der Waals surface area contributed by atoms with Crippen LogP contribution in [0.1, 0.15) is 58.9 Å². The minimum Gasteiger partial charge on any atom is -0.463 e. The lowest BCUT2D eigenvalue weighted by Gasteiger charge is -2.23. The Hall–Kier alpha value is -3.46. The zero-order valence-electron chi connectivity index (χ0n) is 23.6. The highest BCUT2D eigenvalue weighted by Crippen LogP contribution is 2.17. The van der Waals surface area contributed by atoms with E-state index in [-0.39, 0.29) is 50.7 Å². The SMILES string of the molecule is C=CC[C@@H](CC(=O)N[C@H](CO)Cc1ccccc1)C(=O)N[C@@H](C)COC(=O)[C@@H](CC=C)CC(=O)OC(C)(C)C. The van der Waals surface area contributed by atoms with Gasteiger partial charge in [0.05, 0.1) is 36.9 Å². The van der Waals surface area contributed by atoms with Gasteiger partial charge in [-0.1, -0.05) is 42.5 Å². The van der Waals surface area contributed by atoms with Gasteiger partial charge in [-0.3, -0.25) is 19.2 Å². The molecule has 1 aromatic carbocycles. The zero-order valence-corrected chi connectivity index (χ0v) is 23.6. The second-order valence-electron chi connectivity index (χ2n) is 10.6. The van der Waals surface area contributed by atoms with E-state index in [1.54, 1.807) is 33.8 Å². The Bertz CT molecular complexity index is 956. The lowest BCUT2D eigenvalue weighted by molar-refractivity contribution is -0.161. The van der Waals surface area contributed by atoms with Crippen molar-refractivity contribution in [1.29, 1.82) is 0 Å². The Morgan fingerprint density at radius 2 is 1.59 bits per heavy atom. The average Bonchev–Trinajstić information content (AvgIpc) is 2.85. The molecule has 0 bridgehead atoms. The Morgan fingerprint density at radius 3 is 2.15 bits per heavy atom. The average molecular weight is 545 g/mol. The number of nitrogens with one attached hydrogen (secondary N) is 2. The van der Waals surface area contributed by atoms with Crippen LogP contribution >= 0.6 is 0 Å².